The second-order valence-electron chi connectivity index (χ2n) is 5.11. The zero-order valence-corrected chi connectivity index (χ0v) is 11.1. The van der Waals surface area contributed by atoms with Gasteiger partial charge < -0.3 is 9.64 Å². The molecular weight excluding hydrogens is 210 g/mol. The maximum Gasteiger partial charge on any atom is 0.121 e. The van der Waals surface area contributed by atoms with Gasteiger partial charge in [-0.25, -0.2) is 0 Å². The molecule has 0 aliphatic carbocycles. The second kappa shape index (κ2) is 5.44. The Morgan fingerprint density at radius 1 is 1.29 bits per heavy atom. The Morgan fingerprint density at radius 3 is 2.88 bits per heavy atom. The summed E-state index contributed by atoms with van der Waals surface area (Å²) >= 11 is 0. The van der Waals surface area contributed by atoms with Crippen LogP contribution in [0.5, 0.6) is 5.75 Å². The van der Waals surface area contributed by atoms with Gasteiger partial charge in [-0.15, -0.1) is 0 Å². The molecule has 17 heavy (non-hydrogen) atoms. The molecule has 2 atom stereocenters. The van der Waals surface area contributed by atoms with E-state index in [0.29, 0.717) is 6.04 Å². The predicted octanol–water partition coefficient (Wildman–Crippen LogP) is 3.71. The minimum Gasteiger partial charge on any atom is -0.494 e. The monoisotopic (exact) mass is 233 g/mol. The lowest BCUT2D eigenvalue weighted by Gasteiger charge is -2.38. The summed E-state index contributed by atoms with van der Waals surface area (Å²) < 4.78 is 5.57. The van der Waals surface area contributed by atoms with Crippen LogP contribution in [-0.4, -0.2) is 19.2 Å². The number of piperidine rings is 1. The summed E-state index contributed by atoms with van der Waals surface area (Å²) in [6, 6.07) is 9.12. The first-order valence-corrected chi connectivity index (χ1v) is 6.70. The van der Waals surface area contributed by atoms with Gasteiger partial charge in [0.2, 0.25) is 0 Å². The zero-order chi connectivity index (χ0) is 12.3. The highest BCUT2D eigenvalue weighted by Crippen LogP contribution is 2.29. The molecule has 1 aliphatic heterocycles. The molecule has 1 aliphatic rings. The number of rotatable bonds is 3. The molecule has 1 heterocycles. The number of ether oxygens (including phenoxy) is 1. The lowest BCUT2D eigenvalue weighted by atomic mass is 9.94. The van der Waals surface area contributed by atoms with Crippen molar-refractivity contribution in [2.24, 2.45) is 5.92 Å². The minimum absolute atomic E-state index is 0.642. The lowest BCUT2D eigenvalue weighted by Crippen LogP contribution is -2.41. The summed E-state index contributed by atoms with van der Waals surface area (Å²) in [7, 11) is 0. The van der Waals surface area contributed by atoms with Gasteiger partial charge in [-0.2, -0.15) is 0 Å². The van der Waals surface area contributed by atoms with Crippen LogP contribution < -0.4 is 9.64 Å². The highest BCUT2D eigenvalue weighted by molar-refractivity contribution is 5.51. The van der Waals surface area contributed by atoms with Crippen molar-refractivity contribution in [3.63, 3.8) is 0 Å². The topological polar surface area (TPSA) is 12.5 Å². The van der Waals surface area contributed by atoms with E-state index in [2.05, 4.69) is 36.9 Å². The Morgan fingerprint density at radius 2 is 2.12 bits per heavy atom. The number of benzene rings is 1. The van der Waals surface area contributed by atoms with E-state index in [9.17, 15) is 0 Å². The molecule has 2 rings (SSSR count). The number of hydrogen-bond acceptors (Lipinski definition) is 2. The highest BCUT2D eigenvalue weighted by Gasteiger charge is 2.23. The molecule has 1 saturated heterocycles. The summed E-state index contributed by atoms with van der Waals surface area (Å²) in [5.41, 5.74) is 1.30. The van der Waals surface area contributed by atoms with Gasteiger partial charge in [0, 0.05) is 24.3 Å². The van der Waals surface area contributed by atoms with Crippen molar-refractivity contribution >= 4 is 5.69 Å². The van der Waals surface area contributed by atoms with Crippen LogP contribution in [0.25, 0.3) is 0 Å². The van der Waals surface area contributed by atoms with Gasteiger partial charge >= 0.3 is 0 Å². The fourth-order valence-corrected chi connectivity index (χ4v) is 2.57. The molecule has 0 bridgehead atoms. The molecule has 2 nitrogen and oxygen atoms in total. The fourth-order valence-electron chi connectivity index (χ4n) is 2.57. The van der Waals surface area contributed by atoms with Crippen molar-refractivity contribution in [2.75, 3.05) is 18.1 Å². The first-order chi connectivity index (χ1) is 8.20. The van der Waals surface area contributed by atoms with Gasteiger partial charge in [-0.3, -0.25) is 0 Å². The normalized spacial score (nSPS) is 24.8. The average Bonchev–Trinajstić information content (AvgIpc) is 2.33. The van der Waals surface area contributed by atoms with Crippen LogP contribution in [0.1, 0.15) is 33.6 Å². The summed E-state index contributed by atoms with van der Waals surface area (Å²) in [4.78, 5) is 2.51. The number of anilines is 1. The van der Waals surface area contributed by atoms with E-state index in [1.54, 1.807) is 0 Å². The van der Waals surface area contributed by atoms with Crippen LogP contribution in [-0.2, 0) is 0 Å². The van der Waals surface area contributed by atoms with Gasteiger partial charge in [-0.05, 0) is 44.7 Å². The van der Waals surface area contributed by atoms with Gasteiger partial charge in [-0.1, -0.05) is 13.0 Å². The molecule has 0 saturated carbocycles. The van der Waals surface area contributed by atoms with Gasteiger partial charge in [0.15, 0.2) is 0 Å². The molecule has 0 amide bonds. The van der Waals surface area contributed by atoms with Crippen LogP contribution >= 0.6 is 0 Å². The van der Waals surface area contributed by atoms with Gasteiger partial charge in [0.05, 0.1) is 6.61 Å². The van der Waals surface area contributed by atoms with Gasteiger partial charge in [0.1, 0.15) is 5.75 Å². The van der Waals surface area contributed by atoms with Gasteiger partial charge in [0.25, 0.3) is 0 Å². The highest BCUT2D eigenvalue weighted by atomic mass is 16.5. The van der Waals surface area contributed by atoms with E-state index in [1.807, 2.05) is 13.0 Å². The molecule has 1 aromatic carbocycles. The first-order valence-electron chi connectivity index (χ1n) is 6.70. The van der Waals surface area contributed by atoms with Crippen LogP contribution in [0, 0.1) is 5.92 Å². The summed E-state index contributed by atoms with van der Waals surface area (Å²) in [6.07, 6.45) is 2.64. The summed E-state index contributed by atoms with van der Waals surface area (Å²) in [5, 5.41) is 0. The maximum absolute atomic E-state index is 5.57. The maximum atomic E-state index is 5.57. The predicted molar refractivity (Wildman–Crippen MR) is 72.8 cm³/mol. The van der Waals surface area contributed by atoms with E-state index >= 15 is 0 Å². The quantitative estimate of drug-likeness (QED) is 0.789. The Bertz CT molecular complexity index is 364. The number of nitrogens with zero attached hydrogens (tertiary/aromatic N) is 1. The molecule has 2 heteroatoms. The van der Waals surface area contributed by atoms with E-state index < -0.39 is 0 Å². The smallest absolute Gasteiger partial charge is 0.121 e. The second-order valence-corrected chi connectivity index (χ2v) is 5.11. The van der Waals surface area contributed by atoms with Crippen LogP contribution in [0.2, 0.25) is 0 Å². The summed E-state index contributed by atoms with van der Waals surface area (Å²) in [5.74, 6) is 1.78. The van der Waals surface area contributed by atoms with E-state index in [0.717, 1.165) is 24.8 Å². The molecule has 0 aromatic heterocycles. The molecule has 0 N–H and O–H groups in total. The third-order valence-corrected chi connectivity index (χ3v) is 3.58. The van der Waals surface area contributed by atoms with Crippen molar-refractivity contribution in [3.05, 3.63) is 24.3 Å². The SMILES string of the molecule is CCOc1cccc(N2CC(C)CCC2C)c1. The first kappa shape index (κ1) is 12.3. The Balaban J connectivity index is 2.16. The lowest BCUT2D eigenvalue weighted by molar-refractivity contribution is 0.339. The molecule has 0 radical (unpaired) electrons. The third kappa shape index (κ3) is 2.93. The van der Waals surface area contributed by atoms with Crippen LogP contribution in [0.4, 0.5) is 5.69 Å². The Labute approximate surface area is 105 Å². The number of hydrogen-bond donors (Lipinski definition) is 0. The van der Waals surface area contributed by atoms with Crippen LogP contribution in [0.15, 0.2) is 24.3 Å². The summed E-state index contributed by atoms with van der Waals surface area (Å²) in [6.45, 7) is 8.58. The fraction of sp³-hybridized carbons (Fsp3) is 0.600. The van der Waals surface area contributed by atoms with E-state index in [1.165, 1.54) is 18.5 Å². The molecule has 94 valence electrons. The minimum atomic E-state index is 0.642. The van der Waals surface area contributed by atoms with E-state index in [4.69, 9.17) is 4.74 Å². The average molecular weight is 233 g/mol. The molecule has 0 spiro atoms. The van der Waals surface area contributed by atoms with Crippen molar-refractivity contribution < 1.29 is 4.74 Å². The van der Waals surface area contributed by atoms with E-state index in [-0.39, 0.29) is 0 Å². The Hall–Kier alpha value is -1.18. The molecule has 2 unspecified atom stereocenters. The third-order valence-electron chi connectivity index (χ3n) is 3.58. The van der Waals surface area contributed by atoms with Crippen molar-refractivity contribution in [2.45, 2.75) is 39.7 Å². The zero-order valence-electron chi connectivity index (χ0n) is 11.1. The Kier molecular flexibility index (Phi) is 3.93. The van der Waals surface area contributed by atoms with Crippen LogP contribution in [0.3, 0.4) is 0 Å². The standard InChI is InChI=1S/C15H23NO/c1-4-17-15-7-5-6-14(10-15)16-11-12(2)8-9-13(16)3/h5-7,10,12-13H,4,8-9,11H2,1-3H3. The molecule has 1 aromatic rings. The van der Waals surface area contributed by atoms with Crippen molar-refractivity contribution in [1.29, 1.82) is 0 Å². The van der Waals surface area contributed by atoms with Crippen molar-refractivity contribution in [3.8, 4) is 5.75 Å². The molecular formula is C15H23NO. The molecule has 1 fully saturated rings. The largest absolute Gasteiger partial charge is 0.494 e. The van der Waals surface area contributed by atoms with Crippen molar-refractivity contribution in [1.82, 2.24) is 0 Å².